The van der Waals surface area contributed by atoms with Crippen LogP contribution in [-0.4, -0.2) is 12.2 Å². The molecule has 12 heavy (non-hydrogen) atoms. The van der Waals surface area contributed by atoms with Gasteiger partial charge in [0.2, 0.25) is 0 Å². The van der Waals surface area contributed by atoms with E-state index >= 15 is 0 Å². The molecule has 0 atom stereocenters. The molecule has 0 fully saturated rings. The number of methoxy groups -OCH3 is 1. The van der Waals surface area contributed by atoms with E-state index in [0.717, 1.165) is 0 Å². The van der Waals surface area contributed by atoms with Crippen molar-refractivity contribution in [3.05, 3.63) is 17.4 Å². The summed E-state index contributed by atoms with van der Waals surface area (Å²) in [6, 6.07) is 1.39. The third kappa shape index (κ3) is 1.15. The molecule has 1 rings (SSSR count). The Balaban J connectivity index is 3.39. The van der Waals surface area contributed by atoms with Crippen molar-refractivity contribution >= 4 is 5.69 Å². The molecule has 0 saturated heterocycles. The number of aryl methyl sites for hydroxylation is 1. The van der Waals surface area contributed by atoms with E-state index in [1.807, 2.05) is 0 Å². The maximum atomic E-state index is 13.0. The summed E-state index contributed by atoms with van der Waals surface area (Å²) in [7, 11) is 1.38. The van der Waals surface area contributed by atoms with Crippen LogP contribution in [0.25, 0.3) is 0 Å². The molecule has 0 amide bonds. The van der Waals surface area contributed by atoms with Crippen LogP contribution in [0, 0.1) is 12.7 Å². The van der Waals surface area contributed by atoms with Crippen molar-refractivity contribution in [1.29, 1.82) is 0 Å². The van der Waals surface area contributed by atoms with E-state index in [-0.39, 0.29) is 17.2 Å². The Morgan fingerprint density at radius 2 is 2.17 bits per heavy atom. The number of benzene rings is 1. The lowest BCUT2D eigenvalue weighted by Crippen LogP contribution is -1.96. The van der Waals surface area contributed by atoms with Crippen LogP contribution in [-0.2, 0) is 0 Å². The fourth-order valence-electron chi connectivity index (χ4n) is 0.933. The zero-order valence-corrected chi connectivity index (χ0v) is 6.89. The van der Waals surface area contributed by atoms with E-state index in [1.54, 1.807) is 6.92 Å². The third-order valence-corrected chi connectivity index (χ3v) is 1.64. The van der Waals surface area contributed by atoms with Gasteiger partial charge in [0.25, 0.3) is 0 Å². The molecule has 3 nitrogen and oxygen atoms in total. The number of phenolic OH excluding ortho intramolecular Hbond substituents is 1. The van der Waals surface area contributed by atoms with Gasteiger partial charge in [-0.2, -0.15) is 0 Å². The van der Waals surface area contributed by atoms with Crippen LogP contribution in [0.4, 0.5) is 10.1 Å². The molecule has 0 heterocycles. The molecule has 66 valence electrons. The molecule has 0 saturated carbocycles. The van der Waals surface area contributed by atoms with Gasteiger partial charge in [-0.25, -0.2) is 4.39 Å². The number of anilines is 1. The average molecular weight is 171 g/mol. The van der Waals surface area contributed by atoms with E-state index in [9.17, 15) is 9.50 Å². The molecule has 0 aliphatic rings. The first-order valence-corrected chi connectivity index (χ1v) is 3.39. The highest BCUT2D eigenvalue weighted by Crippen LogP contribution is 2.35. The zero-order chi connectivity index (χ0) is 9.30. The minimum atomic E-state index is -0.603. The maximum absolute atomic E-state index is 13.0. The molecule has 1 aromatic carbocycles. The average Bonchev–Trinajstić information content (AvgIpc) is 2.08. The number of ether oxygens (including phenoxy) is 1. The minimum Gasteiger partial charge on any atom is -0.503 e. The third-order valence-electron chi connectivity index (χ3n) is 1.64. The highest BCUT2D eigenvalue weighted by atomic mass is 19.1. The first-order valence-electron chi connectivity index (χ1n) is 3.39. The Kier molecular flexibility index (Phi) is 2.08. The molecule has 0 bridgehead atoms. The Labute approximate surface area is 69.6 Å². The van der Waals surface area contributed by atoms with E-state index in [2.05, 4.69) is 0 Å². The number of aromatic hydroxyl groups is 1. The summed E-state index contributed by atoms with van der Waals surface area (Å²) in [4.78, 5) is 0. The highest BCUT2D eigenvalue weighted by molar-refractivity contribution is 5.62. The smallest absolute Gasteiger partial charge is 0.184 e. The van der Waals surface area contributed by atoms with Crippen LogP contribution in [0.1, 0.15) is 5.56 Å². The number of hydrogen-bond donors (Lipinski definition) is 2. The number of halogens is 1. The molecule has 0 spiro atoms. The van der Waals surface area contributed by atoms with Crippen LogP contribution >= 0.6 is 0 Å². The molecule has 0 aromatic heterocycles. The lowest BCUT2D eigenvalue weighted by Gasteiger charge is -2.08. The summed E-state index contributed by atoms with van der Waals surface area (Å²) >= 11 is 0. The summed E-state index contributed by atoms with van der Waals surface area (Å²) in [5.74, 6) is -0.764. The van der Waals surface area contributed by atoms with Crippen molar-refractivity contribution in [2.75, 3.05) is 12.8 Å². The lowest BCUT2D eigenvalue weighted by molar-refractivity contribution is 0.372. The molecule has 0 unspecified atom stereocenters. The number of phenols is 1. The predicted molar refractivity (Wildman–Crippen MR) is 43.8 cm³/mol. The van der Waals surface area contributed by atoms with E-state index in [1.165, 1.54) is 13.2 Å². The molecule has 0 aliphatic heterocycles. The molecule has 0 aliphatic carbocycles. The highest BCUT2D eigenvalue weighted by Gasteiger charge is 2.12. The SMILES string of the molecule is COc1cc(C)c(F)c(N)c1O. The lowest BCUT2D eigenvalue weighted by atomic mass is 10.2. The predicted octanol–water partition coefficient (Wildman–Crippen LogP) is 1.43. The summed E-state index contributed by atoms with van der Waals surface area (Å²) in [6.07, 6.45) is 0. The number of nitrogen functional groups attached to an aromatic ring is 1. The summed E-state index contributed by atoms with van der Waals surface area (Å²) in [5.41, 5.74) is 5.33. The largest absolute Gasteiger partial charge is 0.503 e. The van der Waals surface area contributed by atoms with Gasteiger partial charge in [-0.1, -0.05) is 0 Å². The normalized spacial score (nSPS) is 9.92. The van der Waals surface area contributed by atoms with E-state index < -0.39 is 5.82 Å². The molecule has 0 radical (unpaired) electrons. The van der Waals surface area contributed by atoms with Crippen molar-refractivity contribution in [2.24, 2.45) is 0 Å². The summed E-state index contributed by atoms with van der Waals surface area (Å²) in [5, 5.41) is 9.21. The molecule has 3 N–H and O–H groups in total. The second-order valence-electron chi connectivity index (χ2n) is 2.47. The number of rotatable bonds is 1. The van der Waals surface area contributed by atoms with Gasteiger partial charge in [0.05, 0.1) is 7.11 Å². The fraction of sp³-hybridized carbons (Fsp3) is 0.250. The Hall–Kier alpha value is -1.45. The standard InChI is InChI=1S/C8H10FNO2/c1-4-3-5(12-2)8(11)7(10)6(4)9/h3,11H,10H2,1-2H3. The molecule has 1 aromatic rings. The topological polar surface area (TPSA) is 55.5 Å². The van der Waals surface area contributed by atoms with E-state index in [0.29, 0.717) is 5.56 Å². The van der Waals surface area contributed by atoms with Gasteiger partial charge in [0.15, 0.2) is 17.3 Å². The Morgan fingerprint density at radius 3 is 2.67 bits per heavy atom. The van der Waals surface area contributed by atoms with Gasteiger partial charge in [-0.05, 0) is 18.6 Å². The van der Waals surface area contributed by atoms with Gasteiger partial charge in [-0.3, -0.25) is 0 Å². The van der Waals surface area contributed by atoms with Crippen LogP contribution in [0.3, 0.4) is 0 Å². The van der Waals surface area contributed by atoms with Crippen molar-refractivity contribution in [3.8, 4) is 11.5 Å². The second kappa shape index (κ2) is 2.89. The van der Waals surface area contributed by atoms with Crippen molar-refractivity contribution in [1.82, 2.24) is 0 Å². The summed E-state index contributed by atoms with van der Waals surface area (Å²) in [6.45, 7) is 1.55. The number of nitrogens with two attached hydrogens (primary N) is 1. The first kappa shape index (κ1) is 8.64. The second-order valence-corrected chi connectivity index (χ2v) is 2.47. The molecule has 4 heteroatoms. The Morgan fingerprint density at radius 1 is 1.58 bits per heavy atom. The van der Waals surface area contributed by atoms with Crippen LogP contribution in [0.5, 0.6) is 11.5 Å². The quantitative estimate of drug-likeness (QED) is 0.496. The van der Waals surface area contributed by atoms with Gasteiger partial charge in [0.1, 0.15) is 5.69 Å². The van der Waals surface area contributed by atoms with Gasteiger partial charge >= 0.3 is 0 Å². The van der Waals surface area contributed by atoms with Gasteiger partial charge < -0.3 is 15.6 Å². The zero-order valence-electron chi connectivity index (χ0n) is 6.89. The summed E-state index contributed by atoms with van der Waals surface area (Å²) < 4.78 is 17.7. The molecular weight excluding hydrogens is 161 g/mol. The van der Waals surface area contributed by atoms with Crippen molar-refractivity contribution in [2.45, 2.75) is 6.92 Å². The van der Waals surface area contributed by atoms with Gasteiger partial charge in [0, 0.05) is 0 Å². The van der Waals surface area contributed by atoms with E-state index in [4.69, 9.17) is 10.5 Å². The number of hydrogen-bond acceptors (Lipinski definition) is 3. The van der Waals surface area contributed by atoms with Crippen LogP contribution in [0.2, 0.25) is 0 Å². The van der Waals surface area contributed by atoms with Crippen LogP contribution in [0.15, 0.2) is 6.07 Å². The maximum Gasteiger partial charge on any atom is 0.184 e. The van der Waals surface area contributed by atoms with Gasteiger partial charge in [-0.15, -0.1) is 0 Å². The van der Waals surface area contributed by atoms with Crippen LogP contribution < -0.4 is 10.5 Å². The first-order chi connectivity index (χ1) is 5.57. The minimum absolute atomic E-state index is 0.186. The van der Waals surface area contributed by atoms with Crippen molar-refractivity contribution in [3.63, 3.8) is 0 Å². The molecular formula is C8H10FNO2. The fourth-order valence-corrected chi connectivity index (χ4v) is 0.933. The monoisotopic (exact) mass is 171 g/mol. The Bertz CT molecular complexity index is 312. The van der Waals surface area contributed by atoms with Crippen molar-refractivity contribution < 1.29 is 14.2 Å².